The highest BCUT2D eigenvalue weighted by atomic mass is 32.1. The van der Waals surface area contributed by atoms with E-state index >= 15 is 0 Å². The number of furan rings is 1. The minimum atomic E-state index is 0.871. The number of fused-ring (bicyclic) bond motifs is 6. The molecule has 0 saturated heterocycles. The lowest BCUT2D eigenvalue weighted by Gasteiger charge is -2.27. The Kier molecular flexibility index (Phi) is 7.33. The fourth-order valence-electron chi connectivity index (χ4n) is 7.44. The van der Waals surface area contributed by atoms with Crippen LogP contribution in [0.4, 0.5) is 34.1 Å². The van der Waals surface area contributed by atoms with Crippen LogP contribution < -0.4 is 9.80 Å². The van der Waals surface area contributed by atoms with Crippen molar-refractivity contribution in [1.29, 1.82) is 0 Å². The number of rotatable bonds is 7. The first-order valence-corrected chi connectivity index (χ1v) is 18.3. The summed E-state index contributed by atoms with van der Waals surface area (Å²) in [5.41, 5.74) is 10.7. The summed E-state index contributed by atoms with van der Waals surface area (Å²) in [4.78, 5) is 4.72. The van der Waals surface area contributed by atoms with Crippen molar-refractivity contribution in [2.45, 2.75) is 0 Å². The summed E-state index contributed by atoms with van der Waals surface area (Å²) >= 11 is 1.84. The van der Waals surface area contributed by atoms with Crippen molar-refractivity contribution >= 4 is 87.6 Å². The van der Waals surface area contributed by atoms with Gasteiger partial charge in [0.1, 0.15) is 11.2 Å². The molecule has 0 radical (unpaired) electrons. The van der Waals surface area contributed by atoms with Crippen LogP contribution >= 0.6 is 11.3 Å². The van der Waals surface area contributed by atoms with Gasteiger partial charge >= 0.3 is 0 Å². The molecule has 0 saturated carbocycles. The van der Waals surface area contributed by atoms with E-state index in [2.05, 4.69) is 192 Å². The molecule has 0 aliphatic heterocycles. The van der Waals surface area contributed by atoms with Crippen LogP contribution in [0.1, 0.15) is 0 Å². The van der Waals surface area contributed by atoms with Crippen molar-refractivity contribution in [3.63, 3.8) is 0 Å². The van der Waals surface area contributed by atoms with Crippen molar-refractivity contribution in [2.75, 3.05) is 9.80 Å². The summed E-state index contributed by atoms with van der Waals surface area (Å²) in [6.07, 6.45) is 0. The number of para-hydroxylation sites is 3. The number of anilines is 6. The SMILES string of the molecule is c1ccc(-c2ccc(N(c3ccc4c(c3)oc3ccccc34)c3ccc4sc5cccc(N(c6ccccc6)c6ccccc6)c5c4c3)cc2)cc1. The number of hydrogen-bond acceptors (Lipinski definition) is 4. The van der Waals surface area contributed by atoms with Crippen molar-refractivity contribution in [1.82, 2.24) is 0 Å². The average molecular weight is 685 g/mol. The summed E-state index contributed by atoms with van der Waals surface area (Å²) in [6.45, 7) is 0. The summed E-state index contributed by atoms with van der Waals surface area (Å²) in [5, 5.41) is 4.71. The Morgan fingerprint density at radius 1 is 0.346 bits per heavy atom. The molecule has 10 rings (SSSR count). The second-order valence-electron chi connectivity index (χ2n) is 13.0. The van der Waals surface area contributed by atoms with Crippen molar-refractivity contribution in [3.05, 3.63) is 194 Å². The van der Waals surface area contributed by atoms with Crippen molar-refractivity contribution in [2.24, 2.45) is 0 Å². The van der Waals surface area contributed by atoms with Crippen LogP contribution in [0.5, 0.6) is 0 Å². The highest BCUT2D eigenvalue weighted by molar-refractivity contribution is 7.26. The fraction of sp³-hybridized carbons (Fsp3) is 0. The largest absolute Gasteiger partial charge is 0.456 e. The maximum atomic E-state index is 6.40. The molecule has 0 atom stereocenters. The predicted molar refractivity (Wildman–Crippen MR) is 221 cm³/mol. The van der Waals surface area contributed by atoms with Crippen LogP contribution in [-0.2, 0) is 0 Å². The number of benzene rings is 8. The third kappa shape index (κ3) is 5.20. The van der Waals surface area contributed by atoms with E-state index in [1.54, 1.807) is 0 Å². The van der Waals surface area contributed by atoms with Crippen LogP contribution in [0, 0.1) is 0 Å². The first-order chi connectivity index (χ1) is 25.8. The van der Waals surface area contributed by atoms with Gasteiger partial charge in [0.25, 0.3) is 0 Å². The van der Waals surface area contributed by atoms with Gasteiger partial charge in [0.05, 0.1) is 5.69 Å². The minimum absolute atomic E-state index is 0.871. The van der Waals surface area contributed by atoms with Crippen LogP contribution in [0.25, 0.3) is 53.2 Å². The van der Waals surface area contributed by atoms with Gasteiger partial charge in [0.15, 0.2) is 0 Å². The second-order valence-corrected chi connectivity index (χ2v) is 14.1. The molecule has 3 nitrogen and oxygen atoms in total. The zero-order valence-corrected chi connectivity index (χ0v) is 29.0. The lowest BCUT2D eigenvalue weighted by molar-refractivity contribution is 0.669. The molecule has 2 aromatic heterocycles. The Morgan fingerprint density at radius 3 is 1.67 bits per heavy atom. The maximum Gasteiger partial charge on any atom is 0.137 e. The van der Waals surface area contributed by atoms with E-state index in [0.717, 1.165) is 56.1 Å². The topological polar surface area (TPSA) is 19.6 Å². The van der Waals surface area contributed by atoms with Gasteiger partial charge in [-0.2, -0.15) is 0 Å². The quantitative estimate of drug-likeness (QED) is 0.167. The Balaban J connectivity index is 1.18. The summed E-state index contributed by atoms with van der Waals surface area (Å²) in [5.74, 6) is 0. The van der Waals surface area contributed by atoms with Crippen LogP contribution in [-0.4, -0.2) is 0 Å². The Labute approximate surface area is 305 Å². The molecule has 246 valence electrons. The molecule has 4 heteroatoms. The van der Waals surface area contributed by atoms with Crippen LogP contribution in [0.3, 0.4) is 0 Å². The number of thiophene rings is 1. The van der Waals surface area contributed by atoms with Gasteiger partial charge in [0.2, 0.25) is 0 Å². The normalized spacial score (nSPS) is 11.5. The van der Waals surface area contributed by atoms with E-state index in [1.807, 2.05) is 23.5 Å². The highest BCUT2D eigenvalue weighted by Crippen LogP contribution is 2.47. The Morgan fingerprint density at radius 2 is 0.923 bits per heavy atom. The first-order valence-electron chi connectivity index (χ1n) is 17.5. The van der Waals surface area contributed by atoms with Gasteiger partial charge in [-0.25, -0.2) is 0 Å². The molecular formula is C48H32N2OS. The zero-order valence-electron chi connectivity index (χ0n) is 28.2. The molecule has 0 spiro atoms. The lowest BCUT2D eigenvalue weighted by Crippen LogP contribution is -2.10. The van der Waals surface area contributed by atoms with E-state index in [1.165, 1.54) is 31.3 Å². The zero-order chi connectivity index (χ0) is 34.4. The highest BCUT2D eigenvalue weighted by Gasteiger charge is 2.21. The lowest BCUT2D eigenvalue weighted by atomic mass is 10.0. The van der Waals surface area contributed by atoms with Crippen LogP contribution in [0.2, 0.25) is 0 Å². The third-order valence-electron chi connectivity index (χ3n) is 9.84. The van der Waals surface area contributed by atoms with E-state index in [0.29, 0.717) is 0 Å². The van der Waals surface area contributed by atoms with Crippen LogP contribution in [0.15, 0.2) is 199 Å². The van der Waals surface area contributed by atoms with E-state index in [9.17, 15) is 0 Å². The molecule has 0 fully saturated rings. The van der Waals surface area contributed by atoms with Gasteiger partial charge in [-0.05, 0) is 96.1 Å². The van der Waals surface area contributed by atoms with E-state index in [4.69, 9.17) is 4.42 Å². The molecule has 0 aliphatic carbocycles. The number of hydrogen-bond donors (Lipinski definition) is 0. The molecule has 0 unspecified atom stereocenters. The molecule has 0 bridgehead atoms. The maximum absolute atomic E-state index is 6.40. The van der Waals surface area contributed by atoms with E-state index in [-0.39, 0.29) is 0 Å². The molecule has 2 heterocycles. The Bertz CT molecular complexity index is 2800. The summed E-state index contributed by atoms with van der Waals surface area (Å²) in [7, 11) is 0. The molecule has 0 aliphatic rings. The third-order valence-corrected chi connectivity index (χ3v) is 11.0. The van der Waals surface area contributed by atoms with E-state index < -0.39 is 0 Å². The average Bonchev–Trinajstić information content (AvgIpc) is 3.78. The fourth-order valence-corrected chi connectivity index (χ4v) is 8.54. The first kappa shape index (κ1) is 30.2. The monoisotopic (exact) mass is 684 g/mol. The van der Waals surface area contributed by atoms with Gasteiger partial charge < -0.3 is 14.2 Å². The van der Waals surface area contributed by atoms with Gasteiger partial charge in [-0.15, -0.1) is 11.3 Å². The smallest absolute Gasteiger partial charge is 0.137 e. The molecule has 0 amide bonds. The second kappa shape index (κ2) is 12.6. The standard InChI is InChI=1S/C48H32N2OS/c1-4-13-33(14-5-1)34-23-25-37(26-24-34)49(39-27-29-41-40-19-10-11-21-44(40)51-45(41)32-39)38-28-30-46-42(31-38)48-43(20-12-22-47(48)52-46)50(35-15-6-2-7-16-35)36-17-8-3-9-18-36/h1-32H. The molecule has 0 N–H and O–H groups in total. The molecule has 10 aromatic rings. The predicted octanol–water partition coefficient (Wildman–Crippen LogP) is 14.6. The summed E-state index contributed by atoms with van der Waals surface area (Å²) in [6, 6.07) is 69.1. The summed E-state index contributed by atoms with van der Waals surface area (Å²) < 4.78 is 8.91. The van der Waals surface area contributed by atoms with Crippen molar-refractivity contribution < 1.29 is 4.42 Å². The molecule has 52 heavy (non-hydrogen) atoms. The number of nitrogens with zero attached hydrogens (tertiary/aromatic N) is 2. The van der Waals surface area contributed by atoms with Gasteiger partial charge in [-0.3, -0.25) is 0 Å². The molecule has 8 aromatic carbocycles. The minimum Gasteiger partial charge on any atom is -0.456 e. The Hall–Kier alpha value is -6.62. The van der Waals surface area contributed by atoms with Gasteiger partial charge in [0, 0.05) is 65.4 Å². The van der Waals surface area contributed by atoms with Gasteiger partial charge in [-0.1, -0.05) is 103 Å². The molecular weight excluding hydrogens is 653 g/mol. The van der Waals surface area contributed by atoms with Crippen molar-refractivity contribution in [3.8, 4) is 11.1 Å².